The molecule has 0 spiro atoms. The van der Waals surface area contributed by atoms with Crippen molar-refractivity contribution in [1.29, 1.82) is 0 Å². The summed E-state index contributed by atoms with van der Waals surface area (Å²) in [5.41, 5.74) is 0. The van der Waals surface area contributed by atoms with Crippen LogP contribution in [0.2, 0.25) is 0 Å². The first-order valence-electron chi connectivity index (χ1n) is 5.83. The number of carbonyl (C=O) groups excluding carboxylic acids is 1. The van der Waals surface area contributed by atoms with Gasteiger partial charge in [-0.25, -0.2) is 4.79 Å². The highest BCUT2D eigenvalue weighted by Crippen LogP contribution is 2.27. The van der Waals surface area contributed by atoms with Crippen LogP contribution in [-0.4, -0.2) is 30.3 Å². The Labute approximate surface area is 91.4 Å². The fraction of sp³-hybridized carbons (Fsp3) is 0.909. The Kier molecular flexibility index (Phi) is 4.88. The van der Waals surface area contributed by atoms with Crippen LogP contribution in [0, 0.1) is 11.8 Å². The SMILES string of the molecule is CCC(C)C(O)CNC(=O)NCC1CC1. The molecule has 0 heterocycles. The molecule has 4 heteroatoms. The predicted octanol–water partition coefficient (Wildman–Crippen LogP) is 1.10. The third-order valence-electron chi connectivity index (χ3n) is 3.02. The van der Waals surface area contributed by atoms with Crippen molar-refractivity contribution < 1.29 is 9.90 Å². The van der Waals surface area contributed by atoms with Crippen LogP contribution in [0.4, 0.5) is 4.79 Å². The first-order valence-corrected chi connectivity index (χ1v) is 5.83. The van der Waals surface area contributed by atoms with Crippen LogP contribution in [0.3, 0.4) is 0 Å². The third kappa shape index (κ3) is 5.02. The van der Waals surface area contributed by atoms with E-state index >= 15 is 0 Å². The lowest BCUT2D eigenvalue weighted by Crippen LogP contribution is -2.42. The van der Waals surface area contributed by atoms with Crippen molar-refractivity contribution in [3.05, 3.63) is 0 Å². The average Bonchev–Trinajstić information content (AvgIpc) is 3.05. The zero-order valence-corrected chi connectivity index (χ0v) is 9.62. The minimum absolute atomic E-state index is 0.163. The molecule has 15 heavy (non-hydrogen) atoms. The number of aliphatic hydroxyl groups is 1. The Hall–Kier alpha value is -0.770. The Morgan fingerprint density at radius 3 is 2.67 bits per heavy atom. The van der Waals surface area contributed by atoms with Crippen molar-refractivity contribution in [3.63, 3.8) is 0 Å². The van der Waals surface area contributed by atoms with E-state index in [9.17, 15) is 9.90 Å². The van der Waals surface area contributed by atoms with E-state index in [1.165, 1.54) is 12.8 Å². The van der Waals surface area contributed by atoms with Crippen molar-refractivity contribution in [2.24, 2.45) is 11.8 Å². The second-order valence-corrected chi connectivity index (χ2v) is 4.49. The smallest absolute Gasteiger partial charge is 0.314 e. The van der Waals surface area contributed by atoms with Crippen LogP contribution in [0.25, 0.3) is 0 Å². The Morgan fingerprint density at radius 2 is 2.13 bits per heavy atom. The monoisotopic (exact) mass is 214 g/mol. The molecule has 0 bridgehead atoms. The molecule has 3 N–H and O–H groups in total. The summed E-state index contributed by atoms with van der Waals surface area (Å²) < 4.78 is 0. The quantitative estimate of drug-likeness (QED) is 0.620. The molecule has 0 aromatic rings. The van der Waals surface area contributed by atoms with Gasteiger partial charge in [0.05, 0.1) is 6.10 Å². The van der Waals surface area contributed by atoms with Crippen LogP contribution in [0.5, 0.6) is 0 Å². The van der Waals surface area contributed by atoms with Gasteiger partial charge in [0.25, 0.3) is 0 Å². The number of urea groups is 1. The summed E-state index contributed by atoms with van der Waals surface area (Å²) in [4.78, 5) is 11.3. The summed E-state index contributed by atoms with van der Waals surface area (Å²) in [6.07, 6.45) is 2.94. The Morgan fingerprint density at radius 1 is 1.47 bits per heavy atom. The molecule has 1 aliphatic carbocycles. The van der Waals surface area contributed by atoms with Crippen LogP contribution in [0.15, 0.2) is 0 Å². The van der Waals surface area contributed by atoms with Gasteiger partial charge >= 0.3 is 6.03 Å². The van der Waals surface area contributed by atoms with Gasteiger partial charge in [-0.2, -0.15) is 0 Å². The van der Waals surface area contributed by atoms with Crippen LogP contribution < -0.4 is 10.6 Å². The number of aliphatic hydroxyl groups excluding tert-OH is 1. The largest absolute Gasteiger partial charge is 0.391 e. The molecular formula is C11H22N2O2. The normalized spacial score (nSPS) is 19.4. The van der Waals surface area contributed by atoms with Gasteiger partial charge in [-0.05, 0) is 24.7 Å². The molecule has 4 nitrogen and oxygen atoms in total. The molecule has 0 radical (unpaired) electrons. The zero-order valence-electron chi connectivity index (χ0n) is 9.62. The van der Waals surface area contributed by atoms with E-state index in [0.29, 0.717) is 12.5 Å². The molecule has 1 saturated carbocycles. The third-order valence-corrected chi connectivity index (χ3v) is 3.02. The summed E-state index contributed by atoms with van der Waals surface area (Å²) in [5, 5.41) is 15.1. The van der Waals surface area contributed by atoms with Gasteiger partial charge in [-0.15, -0.1) is 0 Å². The van der Waals surface area contributed by atoms with Crippen molar-refractivity contribution in [1.82, 2.24) is 10.6 Å². The molecule has 1 aliphatic rings. The number of rotatable bonds is 6. The average molecular weight is 214 g/mol. The minimum Gasteiger partial charge on any atom is -0.391 e. The number of hydrogen-bond acceptors (Lipinski definition) is 2. The lowest BCUT2D eigenvalue weighted by Gasteiger charge is -2.17. The Bertz CT molecular complexity index is 205. The van der Waals surface area contributed by atoms with E-state index < -0.39 is 6.10 Å². The molecule has 1 rings (SSSR count). The van der Waals surface area contributed by atoms with Crippen LogP contribution in [0.1, 0.15) is 33.1 Å². The van der Waals surface area contributed by atoms with E-state index in [-0.39, 0.29) is 11.9 Å². The van der Waals surface area contributed by atoms with Gasteiger partial charge in [-0.3, -0.25) is 0 Å². The van der Waals surface area contributed by atoms with Gasteiger partial charge in [0, 0.05) is 13.1 Å². The maximum absolute atomic E-state index is 11.3. The molecule has 0 aromatic carbocycles. The van der Waals surface area contributed by atoms with Gasteiger partial charge in [0.1, 0.15) is 0 Å². The van der Waals surface area contributed by atoms with E-state index in [4.69, 9.17) is 0 Å². The molecular weight excluding hydrogens is 192 g/mol. The van der Waals surface area contributed by atoms with Crippen molar-refractivity contribution >= 4 is 6.03 Å². The number of hydrogen-bond donors (Lipinski definition) is 3. The van der Waals surface area contributed by atoms with E-state index in [0.717, 1.165) is 13.0 Å². The van der Waals surface area contributed by atoms with Gasteiger partial charge in [0.2, 0.25) is 0 Å². The van der Waals surface area contributed by atoms with Crippen molar-refractivity contribution in [2.75, 3.05) is 13.1 Å². The second kappa shape index (κ2) is 5.95. The fourth-order valence-electron chi connectivity index (χ4n) is 1.29. The molecule has 2 atom stereocenters. The summed E-state index contributed by atoms with van der Waals surface area (Å²) in [7, 11) is 0. The fourth-order valence-corrected chi connectivity index (χ4v) is 1.29. The summed E-state index contributed by atoms with van der Waals surface area (Å²) in [6, 6.07) is -0.163. The minimum atomic E-state index is -0.443. The highest BCUT2D eigenvalue weighted by Gasteiger charge is 2.21. The van der Waals surface area contributed by atoms with E-state index in [1.54, 1.807) is 0 Å². The van der Waals surface area contributed by atoms with Gasteiger partial charge in [0.15, 0.2) is 0 Å². The highest BCUT2D eigenvalue weighted by atomic mass is 16.3. The molecule has 0 aromatic heterocycles. The maximum atomic E-state index is 11.3. The molecule has 0 aliphatic heterocycles. The lowest BCUT2D eigenvalue weighted by atomic mass is 10.0. The van der Waals surface area contributed by atoms with Crippen molar-refractivity contribution in [3.8, 4) is 0 Å². The zero-order chi connectivity index (χ0) is 11.3. The van der Waals surface area contributed by atoms with Gasteiger partial charge in [-0.1, -0.05) is 20.3 Å². The number of nitrogens with one attached hydrogen (secondary N) is 2. The standard InChI is InChI=1S/C11H22N2O2/c1-3-8(2)10(14)7-13-11(15)12-6-9-4-5-9/h8-10,14H,3-7H2,1-2H3,(H2,12,13,15). The molecule has 1 fully saturated rings. The van der Waals surface area contributed by atoms with Crippen molar-refractivity contribution in [2.45, 2.75) is 39.2 Å². The summed E-state index contributed by atoms with van der Waals surface area (Å²) in [5.74, 6) is 0.920. The highest BCUT2D eigenvalue weighted by molar-refractivity contribution is 5.73. The molecule has 2 amide bonds. The lowest BCUT2D eigenvalue weighted by molar-refractivity contribution is 0.114. The van der Waals surface area contributed by atoms with E-state index in [2.05, 4.69) is 10.6 Å². The van der Waals surface area contributed by atoms with Crippen LogP contribution >= 0.6 is 0 Å². The molecule has 2 unspecified atom stereocenters. The Balaban J connectivity index is 2.03. The molecule has 88 valence electrons. The first-order chi connectivity index (χ1) is 7.13. The summed E-state index contributed by atoms with van der Waals surface area (Å²) in [6.45, 7) is 5.12. The molecule has 0 saturated heterocycles. The number of carbonyl (C=O) groups is 1. The first kappa shape index (κ1) is 12.3. The second-order valence-electron chi connectivity index (χ2n) is 4.49. The van der Waals surface area contributed by atoms with Crippen LogP contribution in [-0.2, 0) is 0 Å². The van der Waals surface area contributed by atoms with E-state index in [1.807, 2.05) is 13.8 Å². The topological polar surface area (TPSA) is 61.4 Å². The number of amides is 2. The summed E-state index contributed by atoms with van der Waals surface area (Å²) >= 11 is 0. The van der Waals surface area contributed by atoms with Gasteiger partial charge < -0.3 is 15.7 Å². The maximum Gasteiger partial charge on any atom is 0.314 e. The predicted molar refractivity (Wildman–Crippen MR) is 59.6 cm³/mol.